The van der Waals surface area contributed by atoms with Gasteiger partial charge in [-0.2, -0.15) is 0 Å². The fourth-order valence-electron chi connectivity index (χ4n) is 2.05. The van der Waals surface area contributed by atoms with Crippen molar-refractivity contribution in [1.29, 1.82) is 0 Å². The Labute approximate surface area is 130 Å². The molecule has 0 saturated carbocycles. The minimum Gasteiger partial charge on any atom is -0.346 e. The van der Waals surface area contributed by atoms with Crippen LogP contribution in [-0.4, -0.2) is 11.7 Å². The quantitative estimate of drug-likeness (QED) is 0.612. The molecule has 0 aliphatic heterocycles. The van der Waals surface area contributed by atoms with E-state index in [1.165, 1.54) is 11.0 Å². The molecule has 0 saturated heterocycles. The molecule has 1 atom stereocenters. The molecule has 108 valence electrons. The largest absolute Gasteiger partial charge is 0.346 e. The molecule has 21 heavy (non-hydrogen) atoms. The second-order valence-electron chi connectivity index (χ2n) is 4.63. The zero-order chi connectivity index (χ0) is 14.9. The van der Waals surface area contributed by atoms with Gasteiger partial charge in [0.1, 0.15) is 0 Å². The van der Waals surface area contributed by atoms with Crippen molar-refractivity contribution >= 4 is 17.7 Å². The minimum atomic E-state index is -0.131. The summed E-state index contributed by atoms with van der Waals surface area (Å²) < 4.78 is 0. The minimum absolute atomic E-state index is 0.0212. The number of benzene rings is 2. The molecule has 2 aromatic carbocycles. The first kappa shape index (κ1) is 15.4. The van der Waals surface area contributed by atoms with E-state index in [0.717, 1.165) is 17.7 Å². The summed E-state index contributed by atoms with van der Waals surface area (Å²) >= 11 is 1.80. The molecule has 0 aliphatic carbocycles. The lowest BCUT2D eigenvalue weighted by Gasteiger charge is -2.18. The van der Waals surface area contributed by atoms with E-state index in [2.05, 4.69) is 24.0 Å². The predicted octanol–water partition coefficient (Wildman–Crippen LogP) is 4.21. The molecule has 2 rings (SSSR count). The van der Waals surface area contributed by atoms with Crippen molar-refractivity contribution in [2.75, 3.05) is 5.75 Å². The summed E-state index contributed by atoms with van der Waals surface area (Å²) in [4.78, 5) is 12.8. The maximum absolute atomic E-state index is 11.6. The number of nitrogens with one attached hydrogen (secondary N) is 1. The molecule has 0 spiro atoms. The molecule has 0 radical (unpaired) electrons. The summed E-state index contributed by atoms with van der Waals surface area (Å²) in [6, 6.07) is 20.4. The highest BCUT2D eigenvalue weighted by atomic mass is 32.2. The molecule has 3 heteroatoms. The van der Waals surface area contributed by atoms with Gasteiger partial charge in [-0.15, -0.1) is 11.8 Å². The molecule has 1 N–H and O–H groups in total. The Bertz CT molecular complexity index is 568. The van der Waals surface area contributed by atoms with Crippen LogP contribution in [0.2, 0.25) is 0 Å². The Morgan fingerprint density at radius 1 is 1.10 bits per heavy atom. The lowest BCUT2D eigenvalue weighted by atomic mass is 10.0. The summed E-state index contributed by atoms with van der Waals surface area (Å²) in [5, 5.41) is 3.00. The normalized spacial score (nSPS) is 11.6. The van der Waals surface area contributed by atoms with Crippen LogP contribution in [0.25, 0.3) is 0 Å². The van der Waals surface area contributed by atoms with Gasteiger partial charge >= 0.3 is 0 Å². The molecule has 2 aromatic rings. The fourth-order valence-corrected chi connectivity index (χ4v) is 2.99. The highest BCUT2D eigenvalue weighted by Gasteiger charge is 2.12. The van der Waals surface area contributed by atoms with Gasteiger partial charge in [0.05, 0.1) is 6.04 Å². The van der Waals surface area contributed by atoms with Crippen LogP contribution in [-0.2, 0) is 4.79 Å². The van der Waals surface area contributed by atoms with E-state index in [9.17, 15) is 4.79 Å². The predicted molar refractivity (Wildman–Crippen MR) is 89.3 cm³/mol. The SMILES string of the molecule is C=CC(=O)NC(CCSc1ccccc1)c1ccccc1. The number of hydrogen-bond donors (Lipinski definition) is 1. The molecule has 2 nitrogen and oxygen atoms in total. The monoisotopic (exact) mass is 297 g/mol. The van der Waals surface area contributed by atoms with Crippen LogP contribution in [0.15, 0.2) is 78.2 Å². The first-order valence-corrected chi connectivity index (χ1v) is 7.94. The van der Waals surface area contributed by atoms with Gasteiger partial charge in [-0.1, -0.05) is 55.1 Å². The Balaban J connectivity index is 1.96. The Kier molecular flexibility index (Phi) is 6.10. The molecule has 1 amide bonds. The molecular formula is C18H19NOS. The number of carbonyl (C=O) groups excluding carboxylic acids is 1. The Morgan fingerprint density at radius 3 is 2.33 bits per heavy atom. The van der Waals surface area contributed by atoms with Crippen LogP contribution < -0.4 is 5.32 Å². The van der Waals surface area contributed by atoms with E-state index < -0.39 is 0 Å². The van der Waals surface area contributed by atoms with Crippen molar-refractivity contribution < 1.29 is 4.79 Å². The molecule has 0 heterocycles. The van der Waals surface area contributed by atoms with Gasteiger partial charge in [-0.25, -0.2) is 0 Å². The van der Waals surface area contributed by atoms with E-state index >= 15 is 0 Å². The van der Waals surface area contributed by atoms with E-state index in [4.69, 9.17) is 0 Å². The Morgan fingerprint density at radius 2 is 1.71 bits per heavy atom. The van der Waals surface area contributed by atoms with Crippen LogP contribution >= 0.6 is 11.8 Å². The van der Waals surface area contributed by atoms with Gasteiger partial charge in [0.15, 0.2) is 0 Å². The molecule has 0 aromatic heterocycles. The second-order valence-corrected chi connectivity index (χ2v) is 5.79. The zero-order valence-corrected chi connectivity index (χ0v) is 12.7. The van der Waals surface area contributed by atoms with Crippen LogP contribution in [0.5, 0.6) is 0 Å². The smallest absolute Gasteiger partial charge is 0.243 e. The number of carbonyl (C=O) groups is 1. The topological polar surface area (TPSA) is 29.1 Å². The summed E-state index contributed by atoms with van der Waals surface area (Å²) in [6.45, 7) is 3.52. The fraction of sp³-hybridized carbons (Fsp3) is 0.167. The van der Waals surface area contributed by atoms with Crippen molar-refractivity contribution in [3.63, 3.8) is 0 Å². The summed E-state index contributed by atoms with van der Waals surface area (Å²) in [5.74, 6) is 0.814. The summed E-state index contributed by atoms with van der Waals surface area (Å²) in [7, 11) is 0. The van der Waals surface area contributed by atoms with Crippen molar-refractivity contribution in [2.45, 2.75) is 17.4 Å². The third kappa shape index (κ3) is 5.12. The van der Waals surface area contributed by atoms with Crippen LogP contribution in [0.1, 0.15) is 18.0 Å². The van der Waals surface area contributed by atoms with Crippen LogP contribution in [0, 0.1) is 0 Å². The van der Waals surface area contributed by atoms with Crippen LogP contribution in [0.4, 0.5) is 0 Å². The number of rotatable bonds is 7. The lowest BCUT2D eigenvalue weighted by Crippen LogP contribution is -2.27. The van der Waals surface area contributed by atoms with Gasteiger partial charge < -0.3 is 5.32 Å². The van der Waals surface area contributed by atoms with E-state index in [1.54, 1.807) is 11.8 Å². The van der Waals surface area contributed by atoms with Gasteiger partial charge in [-0.05, 0) is 30.2 Å². The molecule has 1 unspecified atom stereocenters. The first-order chi connectivity index (χ1) is 10.3. The summed E-state index contributed by atoms with van der Waals surface area (Å²) in [6.07, 6.45) is 2.20. The van der Waals surface area contributed by atoms with E-state index in [-0.39, 0.29) is 11.9 Å². The Hall–Kier alpha value is -2.00. The average molecular weight is 297 g/mol. The van der Waals surface area contributed by atoms with Gasteiger partial charge in [0.25, 0.3) is 0 Å². The number of thioether (sulfide) groups is 1. The maximum Gasteiger partial charge on any atom is 0.243 e. The molecule has 0 fully saturated rings. The molecule has 0 aliphatic rings. The van der Waals surface area contributed by atoms with Crippen molar-refractivity contribution in [3.8, 4) is 0 Å². The summed E-state index contributed by atoms with van der Waals surface area (Å²) in [5.41, 5.74) is 1.13. The molecule has 0 bridgehead atoms. The van der Waals surface area contributed by atoms with Crippen molar-refractivity contribution in [2.24, 2.45) is 0 Å². The van der Waals surface area contributed by atoms with Gasteiger partial charge in [0.2, 0.25) is 5.91 Å². The highest BCUT2D eigenvalue weighted by Crippen LogP contribution is 2.23. The number of amides is 1. The highest BCUT2D eigenvalue weighted by molar-refractivity contribution is 7.99. The average Bonchev–Trinajstić information content (AvgIpc) is 2.55. The molecular weight excluding hydrogens is 278 g/mol. The first-order valence-electron chi connectivity index (χ1n) is 6.95. The lowest BCUT2D eigenvalue weighted by molar-refractivity contribution is -0.117. The second kappa shape index (κ2) is 8.32. The van der Waals surface area contributed by atoms with Gasteiger partial charge in [0, 0.05) is 10.6 Å². The zero-order valence-electron chi connectivity index (χ0n) is 11.9. The number of hydrogen-bond acceptors (Lipinski definition) is 2. The van der Waals surface area contributed by atoms with Crippen molar-refractivity contribution in [3.05, 3.63) is 78.9 Å². The van der Waals surface area contributed by atoms with E-state index in [0.29, 0.717) is 0 Å². The maximum atomic E-state index is 11.6. The van der Waals surface area contributed by atoms with Gasteiger partial charge in [-0.3, -0.25) is 4.79 Å². The standard InChI is InChI=1S/C18H19NOS/c1-2-18(20)19-17(15-9-5-3-6-10-15)13-14-21-16-11-7-4-8-12-16/h2-12,17H,1,13-14H2,(H,19,20). The van der Waals surface area contributed by atoms with Crippen LogP contribution in [0.3, 0.4) is 0 Å². The van der Waals surface area contributed by atoms with Crippen molar-refractivity contribution in [1.82, 2.24) is 5.32 Å². The van der Waals surface area contributed by atoms with E-state index in [1.807, 2.05) is 48.5 Å². The third-order valence-corrected chi connectivity index (χ3v) is 4.17. The third-order valence-electron chi connectivity index (χ3n) is 3.12.